The van der Waals surface area contributed by atoms with Crippen molar-refractivity contribution in [3.63, 3.8) is 0 Å². The van der Waals surface area contributed by atoms with Gasteiger partial charge in [0.2, 0.25) is 0 Å². The van der Waals surface area contributed by atoms with E-state index in [9.17, 15) is 4.79 Å². The Balaban J connectivity index is 2.22. The van der Waals surface area contributed by atoms with Crippen LogP contribution < -0.4 is 5.32 Å². The Morgan fingerprint density at radius 2 is 1.94 bits per heavy atom. The number of alkyl carbamates (subject to hydrolysis) is 1. The van der Waals surface area contributed by atoms with E-state index < -0.39 is 5.60 Å². The number of carbonyl (C=O) groups excluding carboxylic acids is 1. The number of nitrogens with one attached hydrogen (secondary N) is 1. The standard InChI is InChI=1S/C13H24BrNO2/c1-13(2,3)17-12(16)15-9-11(14)10-7-5-4-6-8-10/h10-11H,4-9H2,1-3H3,(H,15,16). The van der Waals surface area contributed by atoms with Gasteiger partial charge in [0.15, 0.2) is 0 Å². The maximum atomic E-state index is 11.5. The van der Waals surface area contributed by atoms with E-state index in [1.807, 2.05) is 20.8 Å². The zero-order valence-electron chi connectivity index (χ0n) is 11.1. The molecule has 0 heterocycles. The second kappa shape index (κ2) is 6.62. The molecule has 1 aliphatic carbocycles. The summed E-state index contributed by atoms with van der Waals surface area (Å²) in [5.74, 6) is 0.693. The van der Waals surface area contributed by atoms with E-state index in [4.69, 9.17) is 4.74 Å². The minimum Gasteiger partial charge on any atom is -0.444 e. The topological polar surface area (TPSA) is 38.3 Å². The van der Waals surface area contributed by atoms with Gasteiger partial charge in [0.25, 0.3) is 0 Å². The predicted octanol–water partition coefficient (Wildman–Crippen LogP) is 3.85. The zero-order valence-corrected chi connectivity index (χ0v) is 12.7. The molecule has 1 aliphatic rings. The third-order valence-corrected chi connectivity index (χ3v) is 4.07. The Kier molecular flexibility index (Phi) is 5.77. The number of rotatable bonds is 3. The highest BCUT2D eigenvalue weighted by molar-refractivity contribution is 9.09. The Hall–Kier alpha value is -0.250. The van der Waals surface area contributed by atoms with Crippen LogP contribution in [-0.4, -0.2) is 23.1 Å². The largest absolute Gasteiger partial charge is 0.444 e. The summed E-state index contributed by atoms with van der Waals surface area (Å²) in [4.78, 5) is 11.9. The van der Waals surface area contributed by atoms with Crippen molar-refractivity contribution in [2.45, 2.75) is 63.3 Å². The molecule has 0 aromatic heterocycles. The molecular formula is C13H24BrNO2. The highest BCUT2D eigenvalue weighted by Gasteiger charge is 2.23. The summed E-state index contributed by atoms with van der Waals surface area (Å²) < 4.78 is 5.20. The molecule has 0 saturated heterocycles. The molecule has 1 saturated carbocycles. The van der Waals surface area contributed by atoms with E-state index >= 15 is 0 Å². The third-order valence-electron chi connectivity index (χ3n) is 3.00. The summed E-state index contributed by atoms with van der Waals surface area (Å²) in [6.45, 7) is 6.28. The quantitative estimate of drug-likeness (QED) is 0.804. The van der Waals surface area contributed by atoms with Crippen LogP contribution in [0.2, 0.25) is 0 Å². The molecule has 0 aromatic carbocycles. The van der Waals surface area contributed by atoms with Gasteiger partial charge in [-0.05, 0) is 39.5 Å². The first-order chi connectivity index (χ1) is 7.88. The van der Waals surface area contributed by atoms with Crippen molar-refractivity contribution in [1.29, 1.82) is 0 Å². The van der Waals surface area contributed by atoms with Gasteiger partial charge in [-0.3, -0.25) is 0 Å². The normalized spacial score (nSPS) is 19.8. The highest BCUT2D eigenvalue weighted by Crippen LogP contribution is 2.29. The minimum atomic E-state index is -0.420. The van der Waals surface area contributed by atoms with Gasteiger partial charge in [0.05, 0.1) is 0 Å². The van der Waals surface area contributed by atoms with E-state index in [1.54, 1.807) is 0 Å². The lowest BCUT2D eigenvalue weighted by Gasteiger charge is -2.27. The van der Waals surface area contributed by atoms with Crippen LogP contribution in [-0.2, 0) is 4.74 Å². The van der Waals surface area contributed by atoms with Crippen molar-refractivity contribution in [2.75, 3.05) is 6.54 Å². The molecule has 1 amide bonds. The van der Waals surface area contributed by atoms with Gasteiger partial charge >= 0.3 is 6.09 Å². The van der Waals surface area contributed by atoms with Gasteiger partial charge in [-0.15, -0.1) is 0 Å². The SMILES string of the molecule is CC(C)(C)OC(=O)NCC(Br)C1CCCCC1. The average molecular weight is 306 g/mol. The summed E-state index contributed by atoms with van der Waals surface area (Å²) in [6.07, 6.45) is 6.21. The molecule has 3 nitrogen and oxygen atoms in total. The molecule has 100 valence electrons. The van der Waals surface area contributed by atoms with Crippen LogP contribution in [0.4, 0.5) is 4.79 Å². The van der Waals surface area contributed by atoms with Crippen LogP contribution in [0.5, 0.6) is 0 Å². The fraction of sp³-hybridized carbons (Fsp3) is 0.923. The van der Waals surface area contributed by atoms with Gasteiger partial charge in [-0.1, -0.05) is 35.2 Å². The van der Waals surface area contributed by atoms with Gasteiger partial charge < -0.3 is 10.1 Å². The van der Waals surface area contributed by atoms with Crippen molar-refractivity contribution in [2.24, 2.45) is 5.92 Å². The zero-order chi connectivity index (χ0) is 12.9. The van der Waals surface area contributed by atoms with Crippen LogP contribution >= 0.6 is 15.9 Å². The van der Waals surface area contributed by atoms with Crippen LogP contribution in [0.15, 0.2) is 0 Å². The van der Waals surface area contributed by atoms with E-state index in [0.717, 1.165) is 0 Å². The smallest absolute Gasteiger partial charge is 0.407 e. The van der Waals surface area contributed by atoms with E-state index in [2.05, 4.69) is 21.2 Å². The fourth-order valence-electron chi connectivity index (χ4n) is 2.16. The van der Waals surface area contributed by atoms with Gasteiger partial charge in [0.1, 0.15) is 5.60 Å². The first kappa shape index (κ1) is 14.8. The molecule has 0 aromatic rings. The van der Waals surface area contributed by atoms with Crippen molar-refractivity contribution in [3.8, 4) is 0 Å². The Morgan fingerprint density at radius 1 is 1.35 bits per heavy atom. The summed E-state index contributed by atoms with van der Waals surface area (Å²) in [7, 11) is 0. The van der Waals surface area contributed by atoms with Crippen LogP contribution in [0, 0.1) is 5.92 Å². The van der Waals surface area contributed by atoms with Crippen molar-refractivity contribution in [1.82, 2.24) is 5.32 Å². The van der Waals surface area contributed by atoms with Crippen LogP contribution in [0.1, 0.15) is 52.9 Å². The summed E-state index contributed by atoms with van der Waals surface area (Å²) in [5, 5.41) is 2.83. The lowest BCUT2D eigenvalue weighted by atomic mass is 9.87. The number of halogens is 1. The number of hydrogen-bond acceptors (Lipinski definition) is 2. The van der Waals surface area contributed by atoms with E-state index in [0.29, 0.717) is 17.3 Å². The number of ether oxygens (including phenoxy) is 1. The second-order valence-electron chi connectivity index (χ2n) is 5.80. The molecule has 0 radical (unpaired) electrons. The Labute approximate surface area is 113 Å². The summed E-state index contributed by atoms with van der Waals surface area (Å²) in [6, 6.07) is 0. The lowest BCUT2D eigenvalue weighted by Crippen LogP contribution is -2.37. The van der Waals surface area contributed by atoms with E-state index in [-0.39, 0.29) is 6.09 Å². The maximum absolute atomic E-state index is 11.5. The fourth-order valence-corrected chi connectivity index (χ4v) is 2.85. The monoisotopic (exact) mass is 305 g/mol. The number of carbonyl (C=O) groups is 1. The summed E-state index contributed by atoms with van der Waals surface area (Å²) in [5.41, 5.74) is -0.420. The molecule has 1 rings (SSSR count). The highest BCUT2D eigenvalue weighted by atomic mass is 79.9. The predicted molar refractivity (Wildman–Crippen MR) is 73.5 cm³/mol. The van der Waals surface area contributed by atoms with Crippen LogP contribution in [0.3, 0.4) is 0 Å². The minimum absolute atomic E-state index is 0.322. The first-order valence-electron chi connectivity index (χ1n) is 6.49. The third kappa shape index (κ3) is 6.29. The van der Waals surface area contributed by atoms with E-state index in [1.165, 1.54) is 32.1 Å². The molecule has 0 aliphatic heterocycles. The molecule has 4 heteroatoms. The van der Waals surface area contributed by atoms with Crippen molar-refractivity contribution in [3.05, 3.63) is 0 Å². The Morgan fingerprint density at radius 3 is 2.47 bits per heavy atom. The number of hydrogen-bond donors (Lipinski definition) is 1. The number of amides is 1. The molecule has 0 spiro atoms. The molecule has 1 unspecified atom stereocenters. The molecule has 0 bridgehead atoms. The van der Waals surface area contributed by atoms with Crippen molar-refractivity contribution < 1.29 is 9.53 Å². The van der Waals surface area contributed by atoms with Gasteiger partial charge in [-0.2, -0.15) is 0 Å². The number of alkyl halides is 1. The summed E-state index contributed by atoms with van der Waals surface area (Å²) >= 11 is 3.68. The van der Waals surface area contributed by atoms with Gasteiger partial charge in [-0.25, -0.2) is 4.79 Å². The second-order valence-corrected chi connectivity index (χ2v) is 6.97. The first-order valence-corrected chi connectivity index (χ1v) is 7.41. The molecule has 1 atom stereocenters. The van der Waals surface area contributed by atoms with Crippen LogP contribution in [0.25, 0.3) is 0 Å². The molecule has 1 N–H and O–H groups in total. The molecule has 1 fully saturated rings. The lowest BCUT2D eigenvalue weighted by molar-refractivity contribution is 0.0525. The average Bonchev–Trinajstić information content (AvgIpc) is 2.25. The van der Waals surface area contributed by atoms with Crippen molar-refractivity contribution >= 4 is 22.0 Å². The molecule has 17 heavy (non-hydrogen) atoms. The maximum Gasteiger partial charge on any atom is 0.407 e. The van der Waals surface area contributed by atoms with Gasteiger partial charge in [0, 0.05) is 11.4 Å². The Bertz CT molecular complexity index is 244. The molecular weight excluding hydrogens is 282 g/mol.